The SMILES string of the molecule is COc1ccc(/C=N\Nc2nc3c(=O)[nH]c(N)nc3n2[C@H]2O[C@@H](CO)[C@@H](O)[C@H]2O)cc1Br. The number of aliphatic hydroxyl groups excluding tert-OH is 3. The van der Waals surface area contributed by atoms with Crippen molar-refractivity contribution in [3.63, 3.8) is 0 Å². The van der Waals surface area contributed by atoms with Crippen LogP contribution in [-0.4, -0.2) is 73.1 Å². The molecule has 13 nitrogen and oxygen atoms in total. The fraction of sp³-hybridized carbons (Fsp3) is 0.333. The highest BCUT2D eigenvalue weighted by Gasteiger charge is 2.45. The van der Waals surface area contributed by atoms with Gasteiger partial charge in [0.1, 0.15) is 24.1 Å². The second-order valence-corrected chi connectivity index (χ2v) is 7.78. The van der Waals surface area contributed by atoms with Gasteiger partial charge in [-0.3, -0.25) is 14.3 Å². The summed E-state index contributed by atoms with van der Waals surface area (Å²) in [5.41, 5.74) is 8.40. The third kappa shape index (κ3) is 3.93. The number of aliphatic hydroxyl groups is 3. The van der Waals surface area contributed by atoms with E-state index in [-0.39, 0.29) is 23.1 Å². The summed E-state index contributed by atoms with van der Waals surface area (Å²) in [6.07, 6.45) is -3.56. The molecular formula is C18H20BrN7O6. The van der Waals surface area contributed by atoms with Crippen LogP contribution in [-0.2, 0) is 4.74 Å². The first-order valence-electron chi connectivity index (χ1n) is 9.36. The van der Waals surface area contributed by atoms with E-state index in [0.29, 0.717) is 5.75 Å². The maximum atomic E-state index is 12.3. The number of aromatic amines is 1. The number of imidazole rings is 1. The summed E-state index contributed by atoms with van der Waals surface area (Å²) in [4.78, 5) is 22.9. The number of nitrogens with zero attached hydrogens (tertiary/aromatic N) is 4. The van der Waals surface area contributed by atoms with E-state index in [9.17, 15) is 20.1 Å². The molecule has 1 aliphatic rings. The summed E-state index contributed by atoms with van der Waals surface area (Å²) in [7, 11) is 1.56. The number of methoxy groups -OCH3 is 1. The smallest absolute Gasteiger partial charge is 0.280 e. The van der Waals surface area contributed by atoms with E-state index in [0.717, 1.165) is 10.0 Å². The van der Waals surface area contributed by atoms with Crippen LogP contribution in [0.2, 0.25) is 0 Å². The van der Waals surface area contributed by atoms with Crippen molar-refractivity contribution >= 4 is 45.2 Å². The Balaban J connectivity index is 1.73. The number of nitrogens with one attached hydrogen (secondary N) is 2. The number of benzene rings is 1. The first kappa shape index (κ1) is 22.2. The molecule has 0 saturated carbocycles. The summed E-state index contributed by atoms with van der Waals surface area (Å²) in [5, 5.41) is 34.2. The van der Waals surface area contributed by atoms with E-state index in [1.165, 1.54) is 10.8 Å². The molecule has 170 valence electrons. The Bertz CT molecular complexity index is 1230. The maximum Gasteiger partial charge on any atom is 0.280 e. The van der Waals surface area contributed by atoms with Gasteiger partial charge in [-0.05, 0) is 39.7 Å². The van der Waals surface area contributed by atoms with E-state index in [2.05, 4.69) is 41.4 Å². The first-order valence-corrected chi connectivity index (χ1v) is 10.2. The highest BCUT2D eigenvalue weighted by atomic mass is 79.9. The Hall–Kier alpha value is -3.04. The van der Waals surface area contributed by atoms with E-state index in [1.807, 2.05) is 0 Å². The zero-order chi connectivity index (χ0) is 23.0. The van der Waals surface area contributed by atoms with Gasteiger partial charge in [-0.2, -0.15) is 10.1 Å². The van der Waals surface area contributed by atoms with Gasteiger partial charge in [0.15, 0.2) is 17.4 Å². The quantitative estimate of drug-likeness (QED) is 0.187. The summed E-state index contributed by atoms with van der Waals surface area (Å²) in [6.45, 7) is -0.523. The Morgan fingerprint density at radius 1 is 1.41 bits per heavy atom. The molecule has 1 fully saturated rings. The van der Waals surface area contributed by atoms with Crippen molar-refractivity contribution < 1.29 is 24.8 Å². The molecule has 0 amide bonds. The summed E-state index contributed by atoms with van der Waals surface area (Å²) < 4.78 is 12.8. The number of rotatable bonds is 6. The predicted octanol–water partition coefficient (Wildman–Crippen LogP) is -0.470. The first-order chi connectivity index (χ1) is 15.3. The standard InChI is InChI=1S/C18H20BrN7O6/c1-31-9-3-2-7(4-8(9)19)5-21-25-18-22-11-14(23-17(20)24-15(11)30)26(18)16-13(29)12(28)10(6-27)32-16/h2-5,10,12-13,16,27-29H,6H2,1H3,(H,22,25)(H3,20,23,24,30)/b21-5-/t10-,12+,13+,16-/m0/s1. The van der Waals surface area contributed by atoms with Crippen LogP contribution in [0.4, 0.5) is 11.9 Å². The van der Waals surface area contributed by atoms with Gasteiger partial charge in [0, 0.05) is 0 Å². The van der Waals surface area contributed by atoms with Gasteiger partial charge in [-0.15, -0.1) is 0 Å². The molecule has 3 heterocycles. The topological polar surface area (TPSA) is 193 Å². The van der Waals surface area contributed by atoms with Gasteiger partial charge in [-0.1, -0.05) is 0 Å². The largest absolute Gasteiger partial charge is 0.496 e. The lowest BCUT2D eigenvalue weighted by molar-refractivity contribution is -0.0501. The van der Waals surface area contributed by atoms with Crippen LogP contribution in [0.1, 0.15) is 11.8 Å². The molecule has 2 aromatic heterocycles. The third-order valence-corrected chi connectivity index (χ3v) is 5.51. The number of aromatic nitrogens is 4. The number of anilines is 2. The van der Waals surface area contributed by atoms with Crippen LogP contribution in [0.25, 0.3) is 11.2 Å². The van der Waals surface area contributed by atoms with Crippen LogP contribution < -0.4 is 21.5 Å². The zero-order valence-electron chi connectivity index (χ0n) is 16.6. The van der Waals surface area contributed by atoms with Crippen LogP contribution >= 0.6 is 15.9 Å². The minimum Gasteiger partial charge on any atom is -0.496 e. The maximum absolute atomic E-state index is 12.3. The van der Waals surface area contributed by atoms with Crippen LogP contribution in [0.5, 0.6) is 5.75 Å². The molecule has 3 aromatic rings. The van der Waals surface area contributed by atoms with Crippen molar-refractivity contribution in [1.82, 2.24) is 19.5 Å². The number of hydrogen-bond acceptors (Lipinski definition) is 11. The fourth-order valence-electron chi connectivity index (χ4n) is 3.34. The van der Waals surface area contributed by atoms with Crippen molar-refractivity contribution in [2.24, 2.45) is 5.10 Å². The van der Waals surface area contributed by atoms with Gasteiger partial charge in [0.2, 0.25) is 11.9 Å². The predicted molar refractivity (Wildman–Crippen MR) is 117 cm³/mol. The van der Waals surface area contributed by atoms with Crippen LogP contribution in [0, 0.1) is 0 Å². The Labute approximate surface area is 188 Å². The molecule has 32 heavy (non-hydrogen) atoms. The number of nitrogen functional groups attached to an aromatic ring is 1. The minimum absolute atomic E-state index is 0.00210. The fourth-order valence-corrected chi connectivity index (χ4v) is 3.90. The zero-order valence-corrected chi connectivity index (χ0v) is 18.2. The molecule has 0 radical (unpaired) electrons. The molecule has 7 N–H and O–H groups in total. The van der Waals surface area contributed by atoms with Crippen LogP contribution in [0.3, 0.4) is 0 Å². The minimum atomic E-state index is -1.44. The number of H-pyrrole nitrogens is 1. The summed E-state index contributed by atoms with van der Waals surface area (Å²) in [5.74, 6) is 0.486. The average Bonchev–Trinajstić information content (AvgIpc) is 3.25. The number of halogens is 1. The molecule has 0 spiro atoms. The number of hydrogen-bond donors (Lipinski definition) is 6. The van der Waals surface area contributed by atoms with Crippen molar-refractivity contribution in [1.29, 1.82) is 0 Å². The van der Waals surface area contributed by atoms with Gasteiger partial charge >= 0.3 is 0 Å². The molecule has 0 bridgehead atoms. The van der Waals surface area contributed by atoms with E-state index in [4.69, 9.17) is 15.2 Å². The van der Waals surface area contributed by atoms with Gasteiger partial charge < -0.3 is 30.5 Å². The van der Waals surface area contributed by atoms with E-state index < -0.39 is 36.7 Å². The molecule has 4 atom stereocenters. The highest BCUT2D eigenvalue weighted by Crippen LogP contribution is 2.34. The van der Waals surface area contributed by atoms with Gasteiger partial charge in [-0.25, -0.2) is 10.4 Å². The van der Waals surface area contributed by atoms with Crippen molar-refractivity contribution in [2.45, 2.75) is 24.5 Å². The van der Waals surface area contributed by atoms with Crippen molar-refractivity contribution in [2.75, 3.05) is 24.9 Å². The lowest BCUT2D eigenvalue weighted by atomic mass is 10.1. The molecule has 0 unspecified atom stereocenters. The van der Waals surface area contributed by atoms with Gasteiger partial charge in [0.25, 0.3) is 5.56 Å². The van der Waals surface area contributed by atoms with E-state index in [1.54, 1.807) is 25.3 Å². The van der Waals surface area contributed by atoms with Crippen LogP contribution in [0.15, 0.2) is 32.6 Å². The highest BCUT2D eigenvalue weighted by molar-refractivity contribution is 9.10. The number of hydrazone groups is 1. The number of fused-ring (bicyclic) bond motifs is 1. The molecule has 14 heteroatoms. The third-order valence-electron chi connectivity index (χ3n) is 4.89. The normalized spacial score (nSPS) is 23.3. The molecule has 1 saturated heterocycles. The lowest BCUT2D eigenvalue weighted by Gasteiger charge is -2.18. The Kier molecular flexibility index (Phi) is 6.12. The Morgan fingerprint density at radius 3 is 2.84 bits per heavy atom. The molecule has 0 aliphatic carbocycles. The Morgan fingerprint density at radius 2 is 2.19 bits per heavy atom. The number of ether oxygens (including phenoxy) is 2. The van der Waals surface area contributed by atoms with Gasteiger partial charge in [0.05, 0.1) is 24.4 Å². The van der Waals surface area contributed by atoms with Crippen molar-refractivity contribution in [3.05, 3.63) is 38.6 Å². The number of nitrogens with two attached hydrogens (primary N) is 1. The van der Waals surface area contributed by atoms with E-state index >= 15 is 0 Å². The molecule has 1 aromatic carbocycles. The molecule has 1 aliphatic heterocycles. The lowest BCUT2D eigenvalue weighted by Crippen LogP contribution is -2.33. The molecule has 4 rings (SSSR count). The summed E-state index contributed by atoms with van der Waals surface area (Å²) >= 11 is 3.39. The average molecular weight is 510 g/mol. The monoisotopic (exact) mass is 509 g/mol. The second kappa shape index (κ2) is 8.84. The van der Waals surface area contributed by atoms with Crippen molar-refractivity contribution in [3.8, 4) is 5.75 Å². The molecular weight excluding hydrogens is 490 g/mol. The summed E-state index contributed by atoms with van der Waals surface area (Å²) in [6, 6.07) is 5.31. The second-order valence-electron chi connectivity index (χ2n) is 6.92.